The van der Waals surface area contributed by atoms with Gasteiger partial charge in [-0.2, -0.15) is 5.26 Å². The van der Waals surface area contributed by atoms with Crippen LogP contribution in [-0.2, 0) is 6.54 Å². The zero-order valence-corrected chi connectivity index (χ0v) is 11.7. The van der Waals surface area contributed by atoms with Crippen LogP contribution in [0.1, 0.15) is 16.3 Å². The highest BCUT2D eigenvalue weighted by Crippen LogP contribution is 2.20. The van der Waals surface area contributed by atoms with Crippen LogP contribution in [-0.4, -0.2) is 9.97 Å². The average molecular weight is 280 g/mol. The number of pyridine rings is 1. The normalized spacial score (nSPS) is 10.4. The minimum absolute atomic E-state index is 0.552. The molecule has 4 nitrogen and oxygen atoms in total. The minimum atomic E-state index is 0.552. The van der Waals surface area contributed by atoms with Gasteiger partial charge >= 0.3 is 0 Å². The molecule has 0 atom stereocenters. The van der Waals surface area contributed by atoms with E-state index < -0.39 is 0 Å². The molecule has 98 valence electrons. The van der Waals surface area contributed by atoms with E-state index >= 15 is 0 Å². The number of nitrogens with one attached hydrogen (secondary N) is 1. The number of para-hydroxylation sites is 1. The van der Waals surface area contributed by atoms with Crippen molar-refractivity contribution in [2.75, 3.05) is 5.32 Å². The van der Waals surface area contributed by atoms with Gasteiger partial charge in [-0.1, -0.05) is 18.2 Å². The molecule has 0 aliphatic rings. The van der Waals surface area contributed by atoms with Crippen molar-refractivity contribution in [2.45, 2.75) is 13.5 Å². The lowest BCUT2D eigenvalue weighted by Crippen LogP contribution is -2.04. The quantitative estimate of drug-likeness (QED) is 0.797. The van der Waals surface area contributed by atoms with Gasteiger partial charge in [-0.05, 0) is 19.1 Å². The summed E-state index contributed by atoms with van der Waals surface area (Å²) in [6, 6.07) is 11.8. The fraction of sp³-hybridized carbons (Fsp3) is 0.133. The number of hydrogen-bond acceptors (Lipinski definition) is 5. The molecule has 0 radical (unpaired) electrons. The van der Waals surface area contributed by atoms with Crippen molar-refractivity contribution in [2.24, 2.45) is 0 Å². The third-order valence-corrected chi connectivity index (χ3v) is 3.77. The zero-order chi connectivity index (χ0) is 13.9. The number of aromatic nitrogens is 2. The molecule has 0 aliphatic heterocycles. The van der Waals surface area contributed by atoms with E-state index in [0.29, 0.717) is 17.9 Å². The van der Waals surface area contributed by atoms with E-state index in [1.807, 2.05) is 42.6 Å². The molecule has 2 heterocycles. The first kappa shape index (κ1) is 12.6. The highest BCUT2D eigenvalue weighted by Gasteiger charge is 2.07. The summed E-state index contributed by atoms with van der Waals surface area (Å²) in [5, 5.41) is 16.4. The van der Waals surface area contributed by atoms with Crippen molar-refractivity contribution in [1.29, 1.82) is 5.26 Å². The first-order valence-electron chi connectivity index (χ1n) is 6.21. The Balaban J connectivity index is 1.92. The summed E-state index contributed by atoms with van der Waals surface area (Å²) >= 11 is 1.62. The van der Waals surface area contributed by atoms with Crippen molar-refractivity contribution in [3.63, 3.8) is 0 Å². The predicted octanol–water partition coefficient (Wildman–Crippen LogP) is 3.48. The largest absolute Gasteiger partial charge is 0.363 e. The Bertz CT molecular complexity index is 801. The summed E-state index contributed by atoms with van der Waals surface area (Å²) in [7, 11) is 0. The Morgan fingerprint density at radius 1 is 1.30 bits per heavy atom. The third kappa shape index (κ3) is 2.46. The van der Waals surface area contributed by atoms with E-state index in [9.17, 15) is 5.26 Å². The highest BCUT2D eigenvalue weighted by atomic mass is 32.1. The Morgan fingerprint density at radius 3 is 2.90 bits per heavy atom. The summed E-state index contributed by atoms with van der Waals surface area (Å²) in [5.41, 5.74) is 2.39. The van der Waals surface area contributed by atoms with Crippen LogP contribution in [0.3, 0.4) is 0 Å². The van der Waals surface area contributed by atoms with Gasteiger partial charge in [-0.15, -0.1) is 11.3 Å². The van der Waals surface area contributed by atoms with Crippen LogP contribution >= 0.6 is 11.3 Å². The topological polar surface area (TPSA) is 61.6 Å². The molecule has 0 saturated carbocycles. The third-order valence-electron chi connectivity index (χ3n) is 2.95. The second-order valence-corrected chi connectivity index (χ2v) is 5.46. The zero-order valence-electron chi connectivity index (χ0n) is 10.9. The second-order valence-electron chi connectivity index (χ2n) is 4.40. The predicted molar refractivity (Wildman–Crippen MR) is 80.6 cm³/mol. The molecule has 0 saturated heterocycles. The van der Waals surface area contributed by atoms with Gasteiger partial charge in [0.2, 0.25) is 0 Å². The molecule has 3 rings (SSSR count). The van der Waals surface area contributed by atoms with Gasteiger partial charge in [0.05, 0.1) is 28.3 Å². The Morgan fingerprint density at radius 2 is 2.15 bits per heavy atom. The molecule has 1 N–H and O–H groups in total. The van der Waals surface area contributed by atoms with Gasteiger partial charge in [-0.3, -0.25) is 0 Å². The van der Waals surface area contributed by atoms with Gasteiger partial charge in [0.25, 0.3) is 0 Å². The van der Waals surface area contributed by atoms with E-state index in [4.69, 9.17) is 0 Å². The van der Waals surface area contributed by atoms with Crippen molar-refractivity contribution in [3.05, 3.63) is 52.0 Å². The lowest BCUT2D eigenvalue weighted by atomic mass is 10.1. The average Bonchev–Trinajstić information content (AvgIpc) is 2.89. The van der Waals surface area contributed by atoms with Crippen molar-refractivity contribution in [3.8, 4) is 6.07 Å². The van der Waals surface area contributed by atoms with Gasteiger partial charge in [-0.25, -0.2) is 9.97 Å². The Kier molecular flexibility index (Phi) is 3.32. The summed E-state index contributed by atoms with van der Waals surface area (Å²) in [6.07, 6.45) is 0. The maximum atomic E-state index is 9.24. The van der Waals surface area contributed by atoms with E-state index in [0.717, 1.165) is 21.6 Å². The molecule has 3 aromatic rings. The molecule has 0 amide bonds. The number of rotatable bonds is 3. The first-order chi connectivity index (χ1) is 9.76. The van der Waals surface area contributed by atoms with Gasteiger partial charge in [0, 0.05) is 10.8 Å². The molecule has 20 heavy (non-hydrogen) atoms. The molecule has 0 bridgehead atoms. The molecule has 0 unspecified atom stereocenters. The highest BCUT2D eigenvalue weighted by molar-refractivity contribution is 7.09. The van der Waals surface area contributed by atoms with Gasteiger partial charge in [0.15, 0.2) is 0 Å². The summed E-state index contributed by atoms with van der Waals surface area (Å²) < 4.78 is 0. The van der Waals surface area contributed by atoms with Crippen LogP contribution in [0.15, 0.2) is 35.7 Å². The lowest BCUT2D eigenvalue weighted by molar-refractivity contribution is 1.04. The summed E-state index contributed by atoms with van der Waals surface area (Å²) in [5.74, 6) is 0.608. The molecule has 0 aliphatic carbocycles. The monoisotopic (exact) mass is 280 g/mol. The molecule has 0 spiro atoms. The number of anilines is 1. The van der Waals surface area contributed by atoms with Crippen LogP contribution in [0.5, 0.6) is 0 Å². The second kappa shape index (κ2) is 5.27. The number of nitriles is 1. The fourth-order valence-corrected chi connectivity index (χ4v) is 2.61. The van der Waals surface area contributed by atoms with Gasteiger partial charge < -0.3 is 5.32 Å². The van der Waals surface area contributed by atoms with E-state index in [1.165, 1.54) is 0 Å². The Labute approximate surface area is 120 Å². The molecule has 2 aromatic heterocycles. The van der Waals surface area contributed by atoms with Crippen molar-refractivity contribution >= 4 is 28.1 Å². The molecular weight excluding hydrogens is 268 g/mol. The Hall–Kier alpha value is -2.45. The van der Waals surface area contributed by atoms with Crippen LogP contribution in [0.25, 0.3) is 10.9 Å². The number of nitrogens with zero attached hydrogens (tertiary/aromatic N) is 3. The maximum Gasteiger partial charge on any atom is 0.144 e. The summed E-state index contributed by atoms with van der Waals surface area (Å²) in [4.78, 5) is 8.90. The van der Waals surface area contributed by atoms with Crippen LogP contribution < -0.4 is 5.32 Å². The van der Waals surface area contributed by atoms with E-state index in [-0.39, 0.29) is 0 Å². The minimum Gasteiger partial charge on any atom is -0.363 e. The van der Waals surface area contributed by atoms with E-state index in [1.54, 1.807) is 11.3 Å². The lowest BCUT2D eigenvalue weighted by Gasteiger charge is -2.07. The number of hydrogen-bond donors (Lipinski definition) is 1. The standard InChI is InChI=1S/C15H12N4S/c1-10-18-13(9-20-10)8-17-15-12(7-16)6-11-4-2-3-5-14(11)19-15/h2-6,9H,8H2,1H3,(H,17,19). The van der Waals surface area contributed by atoms with Crippen LogP contribution in [0, 0.1) is 18.3 Å². The number of fused-ring (bicyclic) bond motifs is 1. The fourth-order valence-electron chi connectivity index (χ4n) is 2.00. The SMILES string of the molecule is Cc1nc(CNc2nc3ccccc3cc2C#N)cs1. The van der Waals surface area contributed by atoms with E-state index in [2.05, 4.69) is 21.4 Å². The number of thiazole rings is 1. The molecule has 5 heteroatoms. The number of aryl methyl sites for hydroxylation is 1. The van der Waals surface area contributed by atoms with Crippen LogP contribution in [0.2, 0.25) is 0 Å². The van der Waals surface area contributed by atoms with Crippen molar-refractivity contribution in [1.82, 2.24) is 9.97 Å². The van der Waals surface area contributed by atoms with Crippen molar-refractivity contribution < 1.29 is 0 Å². The maximum absolute atomic E-state index is 9.24. The summed E-state index contributed by atoms with van der Waals surface area (Å²) in [6.45, 7) is 2.55. The smallest absolute Gasteiger partial charge is 0.144 e. The molecule has 1 aromatic carbocycles. The molecule has 0 fully saturated rings. The van der Waals surface area contributed by atoms with Crippen LogP contribution in [0.4, 0.5) is 5.82 Å². The first-order valence-corrected chi connectivity index (χ1v) is 7.09. The van der Waals surface area contributed by atoms with Gasteiger partial charge in [0.1, 0.15) is 11.9 Å². The number of benzene rings is 1. The molecular formula is C15H12N4S.